The Morgan fingerprint density at radius 3 is 2.64 bits per heavy atom. The number of halogens is 3. The maximum Gasteiger partial charge on any atom is 0.167 e. The van der Waals surface area contributed by atoms with E-state index in [-0.39, 0.29) is 6.61 Å². The van der Waals surface area contributed by atoms with Crippen molar-refractivity contribution in [2.24, 2.45) is 0 Å². The molecule has 0 aliphatic rings. The third-order valence-corrected chi connectivity index (χ3v) is 4.26. The van der Waals surface area contributed by atoms with Crippen LogP contribution in [0.5, 0.6) is 11.5 Å². The van der Waals surface area contributed by atoms with Crippen LogP contribution < -0.4 is 14.8 Å². The van der Waals surface area contributed by atoms with E-state index in [4.69, 9.17) is 21.1 Å². The zero-order valence-corrected chi connectivity index (χ0v) is 14.6. The minimum absolute atomic E-state index is 0.0229. The number of ether oxygens (including phenoxy) is 2. The molecule has 0 spiro atoms. The maximum absolute atomic E-state index is 13.8. The van der Waals surface area contributed by atoms with E-state index in [0.29, 0.717) is 28.6 Å². The molecule has 0 radical (unpaired) electrons. The number of rotatable bonds is 6. The molecule has 0 amide bonds. The largest absolute Gasteiger partial charge is 0.493 e. The van der Waals surface area contributed by atoms with Gasteiger partial charge in [-0.15, -0.1) is 0 Å². The Balaban J connectivity index is 2.34. The molecule has 0 saturated heterocycles. The van der Waals surface area contributed by atoms with Gasteiger partial charge in [0.1, 0.15) is 12.4 Å². The van der Waals surface area contributed by atoms with E-state index in [1.54, 1.807) is 25.3 Å². The number of nitrogens with one attached hydrogen (secondary N) is 1. The Hall–Kier alpha value is -1.30. The van der Waals surface area contributed by atoms with Crippen LogP contribution in [-0.4, -0.2) is 14.2 Å². The van der Waals surface area contributed by atoms with Crippen molar-refractivity contribution >= 4 is 27.5 Å². The molecular weight excluding hydrogens is 373 g/mol. The first kappa shape index (κ1) is 17.1. The Labute approximate surface area is 142 Å². The average Bonchev–Trinajstić information content (AvgIpc) is 2.50. The molecule has 0 aliphatic heterocycles. The summed E-state index contributed by atoms with van der Waals surface area (Å²) in [6.45, 7) is 0.604. The van der Waals surface area contributed by atoms with E-state index in [2.05, 4.69) is 21.2 Å². The number of benzene rings is 2. The van der Waals surface area contributed by atoms with E-state index >= 15 is 0 Å². The van der Waals surface area contributed by atoms with E-state index in [9.17, 15) is 4.39 Å². The van der Waals surface area contributed by atoms with Crippen LogP contribution in [0, 0.1) is 5.82 Å². The van der Waals surface area contributed by atoms with Crippen LogP contribution in [0.2, 0.25) is 5.02 Å². The van der Waals surface area contributed by atoms with Gasteiger partial charge in [-0.1, -0.05) is 33.6 Å². The fraction of sp³-hybridized carbons (Fsp3) is 0.250. The van der Waals surface area contributed by atoms with Crippen LogP contribution in [-0.2, 0) is 13.2 Å². The molecule has 0 bridgehead atoms. The van der Waals surface area contributed by atoms with Gasteiger partial charge in [-0.2, -0.15) is 0 Å². The predicted octanol–water partition coefficient (Wildman–Crippen LogP) is 4.55. The zero-order chi connectivity index (χ0) is 16.1. The molecule has 2 aromatic rings. The Kier molecular flexibility index (Phi) is 6.06. The second kappa shape index (κ2) is 7.81. The normalized spacial score (nSPS) is 10.6. The van der Waals surface area contributed by atoms with Crippen LogP contribution in [0.4, 0.5) is 4.39 Å². The molecule has 22 heavy (non-hydrogen) atoms. The molecule has 2 rings (SSSR count). The monoisotopic (exact) mass is 387 g/mol. The first-order valence-electron chi connectivity index (χ1n) is 6.64. The van der Waals surface area contributed by atoms with Crippen LogP contribution in [0.25, 0.3) is 0 Å². The highest BCUT2D eigenvalue weighted by Gasteiger charge is 2.16. The van der Waals surface area contributed by atoms with Gasteiger partial charge < -0.3 is 14.8 Å². The third-order valence-electron chi connectivity index (χ3n) is 3.16. The Morgan fingerprint density at radius 2 is 2.00 bits per heavy atom. The summed E-state index contributed by atoms with van der Waals surface area (Å²) in [7, 11) is 3.40. The van der Waals surface area contributed by atoms with Gasteiger partial charge in [-0.25, -0.2) is 4.39 Å². The Morgan fingerprint density at radius 1 is 1.23 bits per heavy atom. The summed E-state index contributed by atoms with van der Waals surface area (Å²) >= 11 is 9.52. The molecule has 0 aromatic heterocycles. The zero-order valence-electron chi connectivity index (χ0n) is 12.3. The van der Waals surface area contributed by atoms with Crippen molar-refractivity contribution in [2.45, 2.75) is 13.2 Å². The molecule has 0 heterocycles. The summed E-state index contributed by atoms with van der Waals surface area (Å²) < 4.78 is 25.9. The van der Waals surface area contributed by atoms with Gasteiger partial charge in [-0.3, -0.25) is 0 Å². The molecule has 0 aliphatic carbocycles. The topological polar surface area (TPSA) is 30.5 Å². The summed E-state index contributed by atoms with van der Waals surface area (Å²) in [5, 5.41) is 3.41. The van der Waals surface area contributed by atoms with Gasteiger partial charge in [0.2, 0.25) is 0 Å². The maximum atomic E-state index is 13.8. The van der Waals surface area contributed by atoms with Crippen LogP contribution in [0.1, 0.15) is 11.1 Å². The quantitative estimate of drug-likeness (QED) is 0.787. The second-order valence-corrected chi connectivity index (χ2v) is 5.84. The van der Waals surface area contributed by atoms with Gasteiger partial charge in [-0.05, 0) is 31.3 Å². The summed E-state index contributed by atoms with van der Waals surface area (Å²) in [6, 6.07) is 8.23. The molecule has 3 nitrogen and oxygen atoms in total. The highest BCUT2D eigenvalue weighted by molar-refractivity contribution is 9.10. The lowest BCUT2D eigenvalue weighted by Crippen LogP contribution is -2.10. The van der Waals surface area contributed by atoms with Gasteiger partial charge in [0.15, 0.2) is 11.5 Å². The number of hydrogen-bond donors (Lipinski definition) is 1. The smallest absolute Gasteiger partial charge is 0.167 e. The van der Waals surface area contributed by atoms with Gasteiger partial charge in [0.25, 0.3) is 0 Å². The lowest BCUT2D eigenvalue weighted by molar-refractivity contribution is 0.276. The highest BCUT2D eigenvalue weighted by Crippen LogP contribution is 2.37. The van der Waals surface area contributed by atoms with Crippen LogP contribution in [0.15, 0.2) is 34.8 Å². The van der Waals surface area contributed by atoms with Crippen molar-refractivity contribution in [3.63, 3.8) is 0 Å². The molecule has 6 heteroatoms. The summed E-state index contributed by atoms with van der Waals surface area (Å²) in [4.78, 5) is 0. The van der Waals surface area contributed by atoms with Crippen molar-refractivity contribution in [1.82, 2.24) is 5.32 Å². The molecule has 0 atom stereocenters. The van der Waals surface area contributed by atoms with Crippen molar-refractivity contribution in [3.05, 3.63) is 56.8 Å². The van der Waals surface area contributed by atoms with Crippen LogP contribution >= 0.6 is 27.5 Å². The predicted molar refractivity (Wildman–Crippen MR) is 89.2 cm³/mol. The Bertz CT molecular complexity index is 647. The van der Waals surface area contributed by atoms with E-state index in [0.717, 1.165) is 10.0 Å². The first-order chi connectivity index (χ1) is 10.6. The standard InChI is InChI=1S/C16H16BrClFNO2/c1-20-8-10-12(17)6-7-15(21-2)16(10)22-9-11-13(18)4-3-5-14(11)19/h3-7,20H,8-9H2,1-2H3. The highest BCUT2D eigenvalue weighted by atomic mass is 79.9. The average molecular weight is 389 g/mol. The summed E-state index contributed by atoms with van der Waals surface area (Å²) in [5.41, 5.74) is 1.22. The van der Waals surface area contributed by atoms with Crippen molar-refractivity contribution < 1.29 is 13.9 Å². The molecule has 118 valence electrons. The molecule has 0 saturated carbocycles. The van der Waals surface area contributed by atoms with Gasteiger partial charge >= 0.3 is 0 Å². The first-order valence-corrected chi connectivity index (χ1v) is 7.81. The minimum Gasteiger partial charge on any atom is -0.493 e. The third kappa shape index (κ3) is 3.72. The lowest BCUT2D eigenvalue weighted by Gasteiger charge is -2.17. The van der Waals surface area contributed by atoms with Gasteiger partial charge in [0, 0.05) is 22.1 Å². The van der Waals surface area contributed by atoms with Gasteiger partial charge in [0.05, 0.1) is 12.1 Å². The SMILES string of the molecule is CNCc1c(Br)ccc(OC)c1OCc1c(F)cccc1Cl. The fourth-order valence-electron chi connectivity index (χ4n) is 2.06. The van der Waals surface area contributed by atoms with E-state index in [1.165, 1.54) is 6.07 Å². The van der Waals surface area contributed by atoms with Crippen molar-refractivity contribution in [2.75, 3.05) is 14.2 Å². The van der Waals surface area contributed by atoms with E-state index < -0.39 is 5.82 Å². The molecule has 0 fully saturated rings. The number of hydrogen-bond acceptors (Lipinski definition) is 3. The lowest BCUT2D eigenvalue weighted by atomic mass is 10.1. The van der Waals surface area contributed by atoms with Crippen molar-refractivity contribution in [3.8, 4) is 11.5 Å². The summed E-state index contributed by atoms with van der Waals surface area (Å²) in [5.74, 6) is 0.753. The molecule has 0 unspecified atom stereocenters. The molecule has 2 aromatic carbocycles. The van der Waals surface area contributed by atoms with Crippen LogP contribution in [0.3, 0.4) is 0 Å². The second-order valence-electron chi connectivity index (χ2n) is 4.58. The molecule has 1 N–H and O–H groups in total. The fourth-order valence-corrected chi connectivity index (χ4v) is 2.73. The van der Waals surface area contributed by atoms with E-state index in [1.807, 2.05) is 13.1 Å². The minimum atomic E-state index is -0.392. The van der Waals surface area contributed by atoms with Crippen molar-refractivity contribution in [1.29, 1.82) is 0 Å². The number of methoxy groups -OCH3 is 1. The molecular formula is C16H16BrClFNO2. The summed E-state index contributed by atoms with van der Waals surface area (Å²) in [6.07, 6.45) is 0.